The fourth-order valence-electron chi connectivity index (χ4n) is 4.93. The molecule has 3 heterocycles. The number of esters is 1. The molecule has 49 heavy (non-hydrogen) atoms. The molecule has 0 radical (unpaired) electrons. The minimum Gasteiger partial charge on any atom is -0.449 e. The van der Waals surface area contributed by atoms with E-state index in [1.807, 2.05) is 62.4 Å². The molecule has 0 aliphatic rings. The predicted molar refractivity (Wildman–Crippen MR) is 189 cm³/mol. The van der Waals surface area contributed by atoms with Crippen molar-refractivity contribution in [1.82, 2.24) is 29.5 Å². The lowest BCUT2D eigenvalue weighted by Gasteiger charge is -2.16. The van der Waals surface area contributed by atoms with E-state index >= 15 is 0 Å². The number of hydrogen-bond acceptors (Lipinski definition) is 9. The number of carbonyl (C=O) groups excluding carboxylic acids is 3. The second-order valence-electron chi connectivity index (χ2n) is 10.9. The van der Waals surface area contributed by atoms with Crippen LogP contribution in [0.2, 0.25) is 0 Å². The van der Waals surface area contributed by atoms with E-state index in [1.54, 1.807) is 30.9 Å². The first-order valence-electron chi connectivity index (χ1n) is 15.5. The molecule has 0 spiro atoms. The van der Waals surface area contributed by atoms with Crippen molar-refractivity contribution in [2.45, 2.75) is 57.9 Å². The smallest absolute Gasteiger partial charge is 0.303 e. The second kappa shape index (κ2) is 17.9. The highest BCUT2D eigenvalue weighted by molar-refractivity contribution is 6.68. The van der Waals surface area contributed by atoms with Crippen molar-refractivity contribution >= 4 is 57.0 Å². The van der Waals surface area contributed by atoms with E-state index in [1.165, 1.54) is 11.6 Å². The monoisotopic (exact) mass is 710 g/mol. The van der Waals surface area contributed by atoms with E-state index in [9.17, 15) is 19.2 Å². The Morgan fingerprint density at radius 1 is 0.898 bits per heavy atom. The summed E-state index contributed by atoms with van der Waals surface area (Å²) in [6.07, 6.45) is 2.55. The van der Waals surface area contributed by atoms with Crippen LogP contribution in [0.25, 0.3) is 11.0 Å². The Kier molecular flexibility index (Phi) is 14.1. The number of ether oxygens (including phenoxy) is 1. The summed E-state index contributed by atoms with van der Waals surface area (Å²) in [5.74, 6) is -0.685. The normalized spacial score (nSPS) is 11.8. The number of hydrogen-bond donors (Lipinski definition) is 3. The number of primary amides is 1. The number of H-pyrrole nitrogens is 1. The minimum atomic E-state index is -0.773. The second-order valence-corrected chi connectivity index (χ2v) is 11.7. The van der Waals surface area contributed by atoms with Gasteiger partial charge in [0.25, 0.3) is 11.5 Å². The summed E-state index contributed by atoms with van der Waals surface area (Å²) in [7, 11) is 3.38. The van der Waals surface area contributed by atoms with Crippen molar-refractivity contribution in [1.29, 1.82) is 0 Å². The van der Waals surface area contributed by atoms with Crippen LogP contribution in [0.4, 0.5) is 5.69 Å². The summed E-state index contributed by atoms with van der Waals surface area (Å²) < 4.78 is 8.41. The molecule has 0 aliphatic heterocycles. The molecule has 2 atom stereocenters. The van der Waals surface area contributed by atoms with Gasteiger partial charge < -0.3 is 21.2 Å². The zero-order valence-electron chi connectivity index (χ0n) is 27.9. The van der Waals surface area contributed by atoms with Gasteiger partial charge in [-0.25, -0.2) is 4.98 Å². The number of alkyl halides is 1. The van der Waals surface area contributed by atoms with E-state index in [2.05, 4.69) is 20.2 Å². The van der Waals surface area contributed by atoms with Gasteiger partial charge in [0.1, 0.15) is 16.6 Å². The van der Waals surface area contributed by atoms with Crippen LogP contribution >= 0.6 is 23.2 Å². The third-order valence-corrected chi connectivity index (χ3v) is 7.85. The molecule has 0 aliphatic carbocycles. The number of rotatable bonds is 10. The van der Waals surface area contributed by atoms with E-state index in [0.717, 1.165) is 48.2 Å². The third kappa shape index (κ3) is 10.00. The van der Waals surface area contributed by atoms with Crippen LogP contribution in [-0.2, 0) is 41.3 Å². The predicted octanol–water partition coefficient (Wildman–Crippen LogP) is 5.05. The number of fused-ring (bicyclic) bond motifs is 1. The van der Waals surface area contributed by atoms with E-state index in [-0.39, 0.29) is 5.56 Å². The maximum atomic E-state index is 12.6. The van der Waals surface area contributed by atoms with Gasteiger partial charge in [-0.3, -0.25) is 28.5 Å². The molecule has 5 aromatic rings. The van der Waals surface area contributed by atoms with Crippen molar-refractivity contribution in [2.75, 3.05) is 5.73 Å². The van der Waals surface area contributed by atoms with Gasteiger partial charge in [-0.1, -0.05) is 87.4 Å². The van der Waals surface area contributed by atoms with Crippen molar-refractivity contribution < 1.29 is 19.1 Å². The fourth-order valence-corrected chi connectivity index (χ4v) is 5.20. The average Bonchev–Trinajstić information content (AvgIpc) is 3.54. The van der Waals surface area contributed by atoms with Crippen LogP contribution < -0.4 is 17.0 Å². The van der Waals surface area contributed by atoms with Crippen LogP contribution in [0.5, 0.6) is 0 Å². The van der Waals surface area contributed by atoms with Crippen LogP contribution in [0.3, 0.4) is 0 Å². The molecule has 0 fully saturated rings. The number of nitrogen functional groups attached to an aromatic ring is 1. The Balaban J connectivity index is 0.000000226. The maximum Gasteiger partial charge on any atom is 0.303 e. The highest BCUT2D eigenvalue weighted by Gasteiger charge is 2.23. The summed E-state index contributed by atoms with van der Waals surface area (Å²) in [5.41, 5.74) is 15.2. The van der Waals surface area contributed by atoms with Crippen molar-refractivity contribution in [3.05, 3.63) is 105 Å². The quantitative estimate of drug-likeness (QED) is 0.101. The van der Waals surface area contributed by atoms with Gasteiger partial charge in [0.05, 0.1) is 17.1 Å². The number of nitrogens with one attached hydrogen (secondary N) is 1. The Bertz CT molecular complexity index is 1940. The number of nitrogens with zero attached hydrogens (tertiary/aromatic N) is 5. The Hall–Kier alpha value is -5.01. The number of nitrogens with two attached hydrogens (primary N) is 2. The number of aromatic amines is 1. The summed E-state index contributed by atoms with van der Waals surface area (Å²) in [6.45, 7) is 5.40. The first kappa shape index (κ1) is 38.4. The molecule has 1 amide bonds. The lowest BCUT2D eigenvalue weighted by Crippen LogP contribution is -2.20. The molecule has 15 heteroatoms. The number of carbonyl (C=O) groups is 3. The van der Waals surface area contributed by atoms with Gasteiger partial charge in [-0.05, 0) is 30.0 Å². The van der Waals surface area contributed by atoms with Crippen molar-refractivity contribution in [2.24, 2.45) is 19.8 Å². The molecule has 5 rings (SSSR count). The molecule has 2 aromatic carbocycles. The lowest BCUT2D eigenvalue weighted by atomic mass is 10.1. The zero-order valence-corrected chi connectivity index (χ0v) is 29.5. The number of halogens is 2. The molecule has 0 saturated carbocycles. The van der Waals surface area contributed by atoms with Crippen molar-refractivity contribution in [3.63, 3.8) is 0 Å². The Morgan fingerprint density at radius 3 is 1.92 bits per heavy atom. The number of aromatic nitrogens is 6. The summed E-state index contributed by atoms with van der Waals surface area (Å²) in [4.78, 5) is 53.0. The molecule has 5 N–H and O–H groups in total. The van der Waals surface area contributed by atoms with E-state index in [4.69, 9.17) is 39.4 Å². The van der Waals surface area contributed by atoms with Gasteiger partial charge in [0.2, 0.25) is 5.24 Å². The zero-order chi connectivity index (χ0) is 36.2. The molecule has 13 nitrogen and oxygen atoms in total. The van der Waals surface area contributed by atoms with Crippen LogP contribution in [0, 0.1) is 0 Å². The van der Waals surface area contributed by atoms with E-state index in [0.29, 0.717) is 28.2 Å². The molecule has 0 bridgehead atoms. The number of aryl methyl sites for hydroxylation is 4. The average molecular weight is 712 g/mol. The SMILES string of the molecule is CCCc1nn(C)c(C(N)=O)c1N.CCCc1nn(C)c2c(=O)[nH]c(C(OC(C)=O)c3ccccc3)nc12.O=C(Cl)C(Cl)c1ccccc1. The van der Waals surface area contributed by atoms with Gasteiger partial charge >= 0.3 is 5.97 Å². The first-order chi connectivity index (χ1) is 23.3. The highest BCUT2D eigenvalue weighted by atomic mass is 35.5. The van der Waals surface area contributed by atoms with Crippen LogP contribution in [-0.4, -0.2) is 46.6 Å². The first-order valence-corrected chi connectivity index (χ1v) is 16.3. The topological polar surface area (TPSA) is 194 Å². The van der Waals surface area contributed by atoms with Gasteiger partial charge in [-0.2, -0.15) is 10.2 Å². The Labute approximate surface area is 293 Å². The lowest BCUT2D eigenvalue weighted by molar-refractivity contribution is -0.145. The van der Waals surface area contributed by atoms with Gasteiger partial charge in [0, 0.05) is 26.6 Å². The fraction of sp³-hybridized carbons (Fsp3) is 0.324. The molecule has 260 valence electrons. The molecule has 0 saturated heterocycles. The third-order valence-electron chi connectivity index (χ3n) is 7.07. The van der Waals surface area contributed by atoms with E-state index < -0.39 is 28.6 Å². The number of amides is 1. The molecular weight excluding hydrogens is 671 g/mol. The summed E-state index contributed by atoms with van der Waals surface area (Å²) in [5, 5.41) is 7.25. The van der Waals surface area contributed by atoms with Crippen molar-refractivity contribution in [3.8, 4) is 0 Å². The van der Waals surface area contributed by atoms with Crippen LogP contribution in [0.15, 0.2) is 65.5 Å². The highest BCUT2D eigenvalue weighted by Crippen LogP contribution is 2.25. The standard InChI is InChI=1S/C18H20N4O3.C8H6Cl2O.C8H14N4O/c1-4-8-13-14-15(22(3)21-13)18(24)20-17(19-14)16(25-11(2)23)12-9-6-5-7-10-12;9-7(8(10)11)6-4-2-1-3-5-6;1-3-4-5-6(9)7(8(10)13)12(2)11-5/h5-7,9-10,16H,4,8H2,1-3H3,(H,19,20,24);1-5,7H;3-4,9H2,1-2H3,(H2,10,13). The molecule has 3 aromatic heterocycles. The summed E-state index contributed by atoms with van der Waals surface area (Å²) >= 11 is 10.9. The Morgan fingerprint density at radius 2 is 1.43 bits per heavy atom. The number of anilines is 1. The van der Waals surface area contributed by atoms with Gasteiger partial charge in [-0.15, -0.1) is 11.6 Å². The summed E-state index contributed by atoms with van der Waals surface area (Å²) in [6, 6.07) is 18.2. The number of benzene rings is 2. The van der Waals surface area contributed by atoms with Crippen LogP contribution in [0.1, 0.15) is 83.9 Å². The maximum absolute atomic E-state index is 12.6. The molecular formula is C34H40Cl2N8O5. The largest absolute Gasteiger partial charge is 0.449 e. The van der Waals surface area contributed by atoms with Gasteiger partial charge in [0.15, 0.2) is 17.4 Å². The molecule has 2 unspecified atom stereocenters. The minimum absolute atomic E-state index is 0.295.